The molecule has 17 heteroatoms. The van der Waals surface area contributed by atoms with Crippen molar-refractivity contribution in [3.63, 3.8) is 0 Å². The molecule has 0 aromatic carbocycles. The van der Waals surface area contributed by atoms with E-state index >= 15 is 0 Å². The van der Waals surface area contributed by atoms with Crippen LogP contribution < -0.4 is 0 Å². The summed E-state index contributed by atoms with van der Waals surface area (Å²) in [5.41, 5.74) is 9.91. The average Bonchev–Trinajstić information content (AvgIpc) is 4.60. The third-order valence-electron chi connectivity index (χ3n) is 16.9. The third-order valence-corrected chi connectivity index (χ3v) is 16.9. The number of unbranched alkanes of at least 4 members (excludes halogenated alkanes) is 2. The largest absolute Gasteiger partial charge is 0.870 e. The lowest BCUT2D eigenvalue weighted by atomic mass is 10.0. The van der Waals surface area contributed by atoms with Gasteiger partial charge < -0.3 is 20.4 Å². The molecule has 3 fully saturated rings. The van der Waals surface area contributed by atoms with E-state index in [4.69, 9.17) is 0 Å². The normalized spacial score (nSPS) is 20.1. The Hall–Kier alpha value is -8.09. The van der Waals surface area contributed by atoms with E-state index in [0.29, 0.717) is 24.9 Å². The summed E-state index contributed by atoms with van der Waals surface area (Å²) < 4.78 is 4.59. The fourth-order valence-electron chi connectivity index (χ4n) is 11.8. The molecule has 7 aromatic rings. The predicted molar refractivity (Wildman–Crippen MR) is 349 cm³/mol. The summed E-state index contributed by atoms with van der Waals surface area (Å²) in [6, 6.07) is 29.3. The number of aromatic nitrogens is 7. The van der Waals surface area contributed by atoms with E-state index in [-0.39, 0.29) is 23.2 Å². The van der Waals surface area contributed by atoms with Crippen molar-refractivity contribution >= 4 is 29.3 Å². The summed E-state index contributed by atoms with van der Waals surface area (Å²) in [5.74, 6) is 0.440. The van der Waals surface area contributed by atoms with Crippen LogP contribution in [0.3, 0.4) is 0 Å². The van der Waals surface area contributed by atoms with E-state index in [9.17, 15) is 14.7 Å². The van der Waals surface area contributed by atoms with Gasteiger partial charge in [0.05, 0.1) is 11.6 Å². The van der Waals surface area contributed by atoms with E-state index in [2.05, 4.69) is 126 Å². The van der Waals surface area contributed by atoms with Gasteiger partial charge >= 0.3 is 0 Å². The molecule has 6 aliphatic rings. The maximum Gasteiger partial charge on any atom is 0.222 e. The molecular formula is C71H94N13O4+. The first-order chi connectivity index (χ1) is 42.4. The van der Waals surface area contributed by atoms with Crippen molar-refractivity contribution in [2.24, 2.45) is 0 Å². The second-order valence-electron chi connectivity index (χ2n) is 23.0. The number of carbonyl (C=O) groups excluding carboxylic acids is 2. The van der Waals surface area contributed by atoms with Crippen LogP contribution in [0.15, 0.2) is 178 Å². The zero-order valence-electron chi connectivity index (χ0n) is 53.0. The zero-order valence-corrected chi connectivity index (χ0v) is 53.0. The third kappa shape index (κ3) is 20.8. The van der Waals surface area contributed by atoms with Crippen molar-refractivity contribution in [1.29, 1.82) is 0 Å². The monoisotopic (exact) mass is 1190 g/mol. The van der Waals surface area contributed by atoms with Crippen LogP contribution in [0.1, 0.15) is 165 Å². The van der Waals surface area contributed by atoms with Gasteiger partial charge in [-0.3, -0.25) is 54.3 Å². The highest BCUT2D eigenvalue weighted by Gasteiger charge is 2.38. The molecule has 13 rings (SSSR count). The van der Waals surface area contributed by atoms with Crippen LogP contribution in [0.4, 0.5) is 0 Å². The first-order valence-electron chi connectivity index (χ1n) is 31.1. The number of nitrogens with zero attached hydrogens (tertiary/aromatic N) is 13. The van der Waals surface area contributed by atoms with Crippen LogP contribution in [0, 0.1) is 0 Å². The van der Waals surface area contributed by atoms with Crippen molar-refractivity contribution in [3.8, 4) is 0 Å². The number of aliphatic hydroxyl groups is 1. The van der Waals surface area contributed by atoms with Gasteiger partial charge in [-0.1, -0.05) is 44.0 Å². The molecule has 0 saturated carbocycles. The highest BCUT2D eigenvalue weighted by atomic mass is 16.3. The predicted octanol–water partition coefficient (Wildman–Crippen LogP) is 11.5. The molecule has 1 amide bonds. The number of Topliss-reactive ketones (excluding diaryl/α,β-unsaturated/α-hetero) is 1. The molecule has 3 unspecified atom stereocenters. The summed E-state index contributed by atoms with van der Waals surface area (Å²) in [6.07, 6.45) is 45.9. The topological polar surface area (TPSA) is 194 Å². The molecule has 0 aliphatic carbocycles. The molecule has 6 aliphatic heterocycles. The van der Waals surface area contributed by atoms with Gasteiger partial charge in [0, 0.05) is 186 Å². The van der Waals surface area contributed by atoms with Gasteiger partial charge in [0.15, 0.2) is 17.5 Å². The molecule has 0 bridgehead atoms. The van der Waals surface area contributed by atoms with Crippen molar-refractivity contribution in [1.82, 2.24) is 54.5 Å². The van der Waals surface area contributed by atoms with Crippen LogP contribution in [-0.2, 0) is 10.5 Å². The highest BCUT2D eigenvalue weighted by molar-refractivity contribution is 5.97. The van der Waals surface area contributed by atoms with Gasteiger partial charge in [0.25, 0.3) is 0 Å². The number of rotatable bonds is 11. The quantitative estimate of drug-likeness (QED) is 0.0730. The van der Waals surface area contributed by atoms with Crippen LogP contribution in [-0.4, -0.2) is 166 Å². The summed E-state index contributed by atoms with van der Waals surface area (Å²) in [5, 5.41) is 10.3. The molecule has 3 saturated heterocycles. The summed E-state index contributed by atoms with van der Waals surface area (Å²) in [6.45, 7) is 6.62. The van der Waals surface area contributed by atoms with Crippen LogP contribution >= 0.6 is 0 Å². The number of amides is 1. The van der Waals surface area contributed by atoms with Crippen LogP contribution in [0.25, 0.3) is 5.70 Å². The van der Waals surface area contributed by atoms with Crippen LogP contribution in [0.5, 0.6) is 0 Å². The average molecular weight is 1190 g/mol. The zero-order chi connectivity index (χ0) is 61.6. The maximum absolute atomic E-state index is 11.5. The van der Waals surface area contributed by atoms with Gasteiger partial charge in [0.1, 0.15) is 32.6 Å². The Morgan fingerprint density at radius 1 is 0.614 bits per heavy atom. The SMILES string of the molecule is CCCCCC(=O)c1cccnc1.CN1C(=O)CCC1c1cccnc1.CN1CCC=C1c1cccnc1.CN1CCCC1(O)c1cccnc1.CN1CCC[C@H]1c1cccnc1.C[N+]1=C(c2cccnc2)CCC1.C[N+]1=CCCC1c1cccnc1.[OH-]. The first-order valence-corrected chi connectivity index (χ1v) is 31.1. The number of likely N-dealkylation sites (tertiary alicyclic amines) is 3. The standard InChI is InChI=1S/C11H15NO.C10H14N2O.C10H12N2O.C10H14N2.2C10H13N2.C10H12N2.H2O/c1-2-3-4-7-11(13)10-6-5-8-12-9-10;1-12-7-3-5-10(12,13)9-4-2-6-11-8-9;1-12-9(4-5-10(12)13)8-3-2-6-11-7-8;4*1-12-7-3-5-10(12)9-4-2-6-11-8-9;/h5-6,8-9H,2-4,7H2,1H3;2,4,6,8,13H,3,5,7H2,1H3;2-3,6-7,9H,4-5H2,1H3;2,4,6,8,10H,3,5,7H2,1H3;2,4,6,8H,3,5,7H2,1H3;2,4,6-8,10H,3,5H2,1H3;2,4-6,8H,3,7H2,1H3;1H2/q;;;;2*+1;;/p-1/t;;;10-;;;;/m...0..../s1. The summed E-state index contributed by atoms with van der Waals surface area (Å²) in [4.78, 5) is 59.6. The lowest BCUT2D eigenvalue weighted by Gasteiger charge is -2.30. The van der Waals surface area contributed by atoms with Gasteiger partial charge in [0.2, 0.25) is 5.91 Å². The van der Waals surface area contributed by atoms with Gasteiger partial charge in [-0.15, -0.1) is 0 Å². The minimum atomic E-state index is -0.783. The minimum Gasteiger partial charge on any atom is -0.870 e. The Morgan fingerprint density at radius 3 is 1.66 bits per heavy atom. The molecule has 7 aromatic heterocycles. The minimum absolute atomic E-state index is 0. The number of ketones is 1. The van der Waals surface area contributed by atoms with E-state index in [1.165, 1.54) is 85.3 Å². The fourth-order valence-corrected chi connectivity index (χ4v) is 11.8. The highest BCUT2D eigenvalue weighted by Crippen LogP contribution is 2.35. The lowest BCUT2D eigenvalue weighted by Crippen LogP contribution is -2.38. The molecule has 466 valence electrons. The fraction of sp³-hybridized carbons (Fsp3) is 0.423. The smallest absolute Gasteiger partial charge is 0.222 e. The molecular weight excluding hydrogens is 1100 g/mol. The number of hydrogen-bond acceptors (Lipinski definition) is 14. The summed E-state index contributed by atoms with van der Waals surface area (Å²) in [7, 11) is 12.4. The molecule has 4 atom stereocenters. The van der Waals surface area contributed by atoms with Crippen molar-refractivity contribution in [2.45, 2.75) is 127 Å². The number of carbonyl (C=O) groups is 2. The van der Waals surface area contributed by atoms with Gasteiger partial charge in [-0.25, -0.2) is 9.15 Å². The molecule has 0 spiro atoms. The van der Waals surface area contributed by atoms with E-state index in [1.807, 2.05) is 123 Å². The van der Waals surface area contributed by atoms with E-state index < -0.39 is 5.72 Å². The lowest BCUT2D eigenvalue weighted by molar-refractivity contribution is -0.532. The van der Waals surface area contributed by atoms with Crippen LogP contribution in [0.2, 0.25) is 0 Å². The Bertz CT molecular complexity index is 3200. The molecule has 88 heavy (non-hydrogen) atoms. The number of hydrogen-bond donors (Lipinski definition) is 1. The Labute approximate surface area is 523 Å². The van der Waals surface area contributed by atoms with Crippen molar-refractivity contribution in [3.05, 3.63) is 217 Å². The Balaban J connectivity index is 0.000000164. The molecule has 2 N–H and O–H groups in total. The molecule has 13 heterocycles. The number of pyridine rings is 7. The Morgan fingerprint density at radius 2 is 1.20 bits per heavy atom. The van der Waals surface area contributed by atoms with Crippen molar-refractivity contribution in [2.75, 3.05) is 68.5 Å². The Kier molecular flexibility index (Phi) is 29.0. The van der Waals surface area contributed by atoms with E-state index in [1.54, 1.807) is 48.1 Å². The van der Waals surface area contributed by atoms with Gasteiger partial charge in [-0.2, -0.15) is 0 Å². The summed E-state index contributed by atoms with van der Waals surface area (Å²) >= 11 is 0. The molecule has 0 radical (unpaired) electrons. The molecule has 17 nitrogen and oxygen atoms in total. The van der Waals surface area contributed by atoms with Gasteiger partial charge in [-0.05, 0) is 143 Å². The second kappa shape index (κ2) is 36.9. The first kappa shape index (κ1) is 69.0. The maximum atomic E-state index is 11.5. The van der Waals surface area contributed by atoms with E-state index in [0.717, 1.165) is 74.7 Å². The van der Waals surface area contributed by atoms with Crippen molar-refractivity contribution < 1.29 is 29.3 Å². The second-order valence-corrected chi connectivity index (χ2v) is 23.0.